The summed E-state index contributed by atoms with van der Waals surface area (Å²) in [5.74, 6) is -0.204. The number of carbonyl (C=O) groups is 1. The number of halogens is 2. The van der Waals surface area contributed by atoms with Crippen LogP contribution < -0.4 is 10.6 Å². The zero-order valence-corrected chi connectivity index (χ0v) is 19.3. The van der Waals surface area contributed by atoms with E-state index in [1.54, 1.807) is 18.0 Å². The molecule has 0 saturated carbocycles. The van der Waals surface area contributed by atoms with Crippen molar-refractivity contribution in [2.24, 2.45) is 5.41 Å². The Labute approximate surface area is 194 Å². The summed E-state index contributed by atoms with van der Waals surface area (Å²) in [5.41, 5.74) is 2.78. The molecule has 0 radical (unpaired) electrons. The highest BCUT2D eigenvalue weighted by Crippen LogP contribution is 2.28. The van der Waals surface area contributed by atoms with Gasteiger partial charge >= 0.3 is 0 Å². The van der Waals surface area contributed by atoms with Crippen molar-refractivity contribution in [1.29, 1.82) is 0 Å². The normalized spacial score (nSPS) is 15.0. The Hall–Kier alpha value is -2.26. The van der Waals surface area contributed by atoms with Crippen molar-refractivity contribution >= 4 is 41.6 Å². The van der Waals surface area contributed by atoms with Crippen molar-refractivity contribution in [2.75, 3.05) is 33.4 Å². The van der Waals surface area contributed by atoms with E-state index in [1.807, 2.05) is 37.3 Å². The lowest BCUT2D eigenvalue weighted by molar-refractivity contribution is 0.0510. The second kappa shape index (κ2) is 10.9. The fourth-order valence-electron chi connectivity index (χ4n) is 3.97. The monoisotopic (exact) mass is 466 g/mol. The highest BCUT2D eigenvalue weighted by Gasteiger charge is 2.33. The van der Waals surface area contributed by atoms with Crippen LogP contribution in [0.3, 0.4) is 0 Å². The number of rotatable bonds is 6. The maximum absolute atomic E-state index is 12.8. The summed E-state index contributed by atoms with van der Waals surface area (Å²) in [5, 5.41) is 15.8. The third-order valence-corrected chi connectivity index (χ3v) is 5.68. The van der Waals surface area contributed by atoms with Crippen molar-refractivity contribution in [2.45, 2.75) is 19.8 Å². The van der Waals surface area contributed by atoms with Crippen LogP contribution in [0.2, 0.25) is 0 Å². The molecule has 0 unspecified atom stereocenters. The summed E-state index contributed by atoms with van der Waals surface area (Å²) in [4.78, 5) is 17.2. The number of nitrogens with zero attached hydrogens (tertiary/aromatic N) is 4. The molecule has 10 heteroatoms. The minimum Gasteiger partial charge on any atom is -0.384 e. The summed E-state index contributed by atoms with van der Waals surface area (Å²) in [6.45, 7) is 4.93. The van der Waals surface area contributed by atoms with E-state index in [0.717, 1.165) is 42.5 Å². The van der Waals surface area contributed by atoms with Gasteiger partial charge in [-0.05, 0) is 57.1 Å². The van der Waals surface area contributed by atoms with E-state index in [-0.39, 0.29) is 36.1 Å². The van der Waals surface area contributed by atoms with Crippen LogP contribution in [0, 0.1) is 12.3 Å². The second-order valence-electron chi connectivity index (χ2n) is 7.68. The van der Waals surface area contributed by atoms with Crippen molar-refractivity contribution in [1.82, 2.24) is 30.6 Å². The molecule has 1 aliphatic heterocycles. The van der Waals surface area contributed by atoms with Crippen LogP contribution in [0.5, 0.6) is 0 Å². The van der Waals surface area contributed by atoms with Gasteiger partial charge in [0.25, 0.3) is 5.91 Å². The summed E-state index contributed by atoms with van der Waals surface area (Å²) in [6, 6.07) is 9.77. The van der Waals surface area contributed by atoms with E-state index < -0.39 is 0 Å². The molecular formula is C21H28Cl2N6O2. The first-order chi connectivity index (χ1) is 14.1. The van der Waals surface area contributed by atoms with Gasteiger partial charge in [0, 0.05) is 30.7 Å². The van der Waals surface area contributed by atoms with Crippen LogP contribution in [0.25, 0.3) is 16.6 Å². The molecule has 0 bridgehead atoms. The Morgan fingerprint density at radius 2 is 2.03 bits per heavy atom. The Morgan fingerprint density at radius 1 is 1.26 bits per heavy atom. The number of carbonyl (C=O) groups excluding carboxylic acids is 1. The molecule has 1 saturated heterocycles. The highest BCUT2D eigenvalue weighted by molar-refractivity contribution is 5.93. The van der Waals surface area contributed by atoms with E-state index in [0.29, 0.717) is 24.5 Å². The number of ether oxygens (including phenoxy) is 1. The summed E-state index contributed by atoms with van der Waals surface area (Å²) in [6.07, 6.45) is 3.71. The van der Waals surface area contributed by atoms with Gasteiger partial charge in [-0.2, -0.15) is 0 Å². The smallest absolute Gasteiger partial charge is 0.273 e. The van der Waals surface area contributed by atoms with Gasteiger partial charge in [0.2, 0.25) is 0 Å². The minimum absolute atomic E-state index is 0. The van der Waals surface area contributed by atoms with Gasteiger partial charge in [-0.1, -0.05) is 11.3 Å². The molecule has 31 heavy (non-hydrogen) atoms. The number of hydrogen-bond donors (Lipinski definition) is 2. The number of hydrogen-bond acceptors (Lipinski definition) is 6. The number of nitrogens with one attached hydrogen (secondary N) is 2. The van der Waals surface area contributed by atoms with Gasteiger partial charge in [-0.15, -0.1) is 29.9 Å². The van der Waals surface area contributed by atoms with Crippen LogP contribution in [-0.2, 0) is 4.74 Å². The molecular weight excluding hydrogens is 439 g/mol. The minimum atomic E-state index is -0.204. The number of amides is 1. The molecule has 168 valence electrons. The largest absolute Gasteiger partial charge is 0.384 e. The molecule has 1 aliphatic rings. The van der Waals surface area contributed by atoms with Crippen LogP contribution in [0.15, 0.2) is 36.5 Å². The molecule has 4 rings (SSSR count). The van der Waals surface area contributed by atoms with Gasteiger partial charge < -0.3 is 15.4 Å². The average Bonchev–Trinajstić information content (AvgIpc) is 3.14. The molecule has 1 aromatic carbocycles. The third kappa shape index (κ3) is 5.33. The quantitative estimate of drug-likeness (QED) is 0.579. The molecule has 1 fully saturated rings. The summed E-state index contributed by atoms with van der Waals surface area (Å²) < 4.78 is 7.12. The first kappa shape index (κ1) is 25.0. The predicted octanol–water partition coefficient (Wildman–Crippen LogP) is 2.71. The van der Waals surface area contributed by atoms with Crippen LogP contribution in [0.1, 0.15) is 29.0 Å². The summed E-state index contributed by atoms with van der Waals surface area (Å²) in [7, 11) is 1.71. The third-order valence-electron chi connectivity index (χ3n) is 5.68. The van der Waals surface area contributed by atoms with Crippen molar-refractivity contribution < 1.29 is 9.53 Å². The van der Waals surface area contributed by atoms with Crippen molar-refractivity contribution in [3.05, 3.63) is 47.9 Å². The van der Waals surface area contributed by atoms with Crippen LogP contribution in [0.4, 0.5) is 0 Å². The molecule has 0 spiro atoms. The number of pyridine rings is 1. The average molecular weight is 467 g/mol. The molecule has 8 nitrogen and oxygen atoms in total. The fourth-order valence-corrected chi connectivity index (χ4v) is 3.97. The lowest BCUT2D eigenvalue weighted by atomic mass is 9.79. The summed E-state index contributed by atoms with van der Waals surface area (Å²) >= 11 is 0. The lowest BCUT2D eigenvalue weighted by Crippen LogP contribution is -2.47. The fraction of sp³-hybridized carbons (Fsp3) is 0.429. The molecule has 0 aliphatic carbocycles. The van der Waals surface area contributed by atoms with Crippen LogP contribution in [-0.4, -0.2) is 59.2 Å². The van der Waals surface area contributed by atoms with Crippen LogP contribution >= 0.6 is 24.8 Å². The number of benzene rings is 1. The van der Waals surface area contributed by atoms with E-state index in [1.165, 1.54) is 0 Å². The van der Waals surface area contributed by atoms with Gasteiger partial charge in [-0.3, -0.25) is 9.78 Å². The van der Waals surface area contributed by atoms with Crippen molar-refractivity contribution in [3.8, 4) is 5.69 Å². The van der Waals surface area contributed by atoms with Gasteiger partial charge in [0.1, 0.15) is 0 Å². The molecule has 3 aromatic rings. The van der Waals surface area contributed by atoms with E-state index in [9.17, 15) is 4.79 Å². The molecule has 2 aromatic heterocycles. The Bertz CT molecular complexity index is 1010. The van der Waals surface area contributed by atoms with Gasteiger partial charge in [0.05, 0.1) is 23.5 Å². The van der Waals surface area contributed by atoms with Gasteiger partial charge in [-0.25, -0.2) is 4.68 Å². The Morgan fingerprint density at radius 3 is 2.77 bits per heavy atom. The first-order valence-corrected chi connectivity index (χ1v) is 9.87. The highest BCUT2D eigenvalue weighted by atomic mass is 35.5. The van der Waals surface area contributed by atoms with E-state index >= 15 is 0 Å². The molecule has 2 N–H and O–H groups in total. The zero-order valence-electron chi connectivity index (χ0n) is 17.6. The topological polar surface area (TPSA) is 94.0 Å². The molecule has 0 atom stereocenters. The first-order valence-electron chi connectivity index (χ1n) is 9.87. The number of fused-ring (bicyclic) bond motifs is 1. The molecule has 3 heterocycles. The maximum atomic E-state index is 12.8. The number of piperidine rings is 1. The molecule has 1 amide bonds. The maximum Gasteiger partial charge on any atom is 0.273 e. The number of aromatic nitrogens is 4. The second-order valence-corrected chi connectivity index (χ2v) is 7.68. The standard InChI is InChI=1S/C21H26N6O2.2ClH/c1-15-19(20(28)24-13-21(14-29-2)7-10-22-11-8-21)25-26-27(15)17-5-6-18-16(12-17)4-3-9-23-18;;/h3-6,9,12,22H,7-8,10-11,13-14H2,1-2H3,(H,24,28);2*1H. The number of methoxy groups -OCH3 is 1. The Balaban J connectivity index is 0.00000171. The predicted molar refractivity (Wildman–Crippen MR) is 125 cm³/mol. The zero-order chi connectivity index (χ0) is 20.3. The van der Waals surface area contributed by atoms with Gasteiger partial charge in [0.15, 0.2) is 5.69 Å². The van der Waals surface area contributed by atoms with E-state index in [4.69, 9.17) is 4.74 Å². The SMILES string of the molecule is COCC1(CNC(=O)c2nnn(-c3ccc4ncccc4c3)c2C)CCNCC1.Cl.Cl. The Kier molecular flexibility index (Phi) is 8.76. The lowest BCUT2D eigenvalue weighted by Gasteiger charge is -2.37. The van der Waals surface area contributed by atoms with Crippen molar-refractivity contribution in [3.63, 3.8) is 0 Å². The van der Waals surface area contributed by atoms with E-state index in [2.05, 4.69) is 25.9 Å².